The molecule has 2 saturated heterocycles. The summed E-state index contributed by atoms with van der Waals surface area (Å²) in [5, 5.41) is 87.5. The highest BCUT2D eigenvalue weighted by molar-refractivity contribution is 5.76. The third-order valence-corrected chi connectivity index (χ3v) is 18.9. The SMILES string of the molecule is CCCCCCCCCCCCCCCCCCCCCCCCCCCC/C=C/CC/C=C/C(O)C(COC1OC(CO)C(OC2OC(CO)C(O)C(O)C2O)C(O)C1O)NC(=O)CCCCCCCCCCCCCCCCCCCCCCCCC. The van der Waals surface area contributed by atoms with Gasteiger partial charge in [-0.1, -0.05) is 340 Å². The summed E-state index contributed by atoms with van der Waals surface area (Å²) in [5.41, 5.74) is 0. The van der Waals surface area contributed by atoms with Crippen LogP contribution < -0.4 is 5.32 Å². The molecule has 2 rings (SSSR count). The zero-order chi connectivity index (χ0) is 64.5. The van der Waals surface area contributed by atoms with Crippen molar-refractivity contribution in [2.24, 2.45) is 0 Å². The van der Waals surface area contributed by atoms with Crippen molar-refractivity contribution >= 4 is 5.91 Å². The molecule has 0 aliphatic carbocycles. The Kier molecular flexibility index (Phi) is 56.5. The molecule has 526 valence electrons. The van der Waals surface area contributed by atoms with Crippen molar-refractivity contribution in [3.8, 4) is 0 Å². The molecule has 0 spiro atoms. The Morgan fingerprint density at radius 3 is 1.10 bits per heavy atom. The lowest BCUT2D eigenvalue weighted by atomic mass is 9.97. The normalized spacial score (nSPS) is 23.1. The Labute approximate surface area is 545 Å². The predicted octanol–water partition coefficient (Wildman–Crippen LogP) is 16.3. The van der Waals surface area contributed by atoms with Gasteiger partial charge in [0.15, 0.2) is 12.6 Å². The molecule has 0 saturated carbocycles. The summed E-state index contributed by atoms with van der Waals surface area (Å²) in [7, 11) is 0. The molecule has 12 unspecified atom stereocenters. The van der Waals surface area contributed by atoms with E-state index in [2.05, 4.69) is 31.3 Å². The van der Waals surface area contributed by atoms with E-state index in [1.807, 2.05) is 6.08 Å². The Balaban J connectivity index is 1.65. The standard InChI is InChI=1S/C75H143NO13/c1-3-5-7-9-11-13-15-17-19-21-23-25-27-28-29-30-31-32-33-34-35-37-38-40-42-44-46-48-50-52-54-56-58-64(79)63(62-86-74-72(85)70(83)73(66(61-78)88-74)89-75-71(84)69(82)68(81)65(60-77)87-75)76-67(80)59-57-55-53-51-49-47-45-43-41-39-36-26-24-22-20-18-16-14-12-10-8-6-4-2/h48,50,56,58,63-66,68-75,77-79,81-85H,3-47,49,51-55,57,59-62H2,1-2H3,(H,76,80)/b50-48+,58-56+. The third-order valence-electron chi connectivity index (χ3n) is 18.9. The molecule has 0 bridgehead atoms. The highest BCUT2D eigenvalue weighted by atomic mass is 16.7. The lowest BCUT2D eigenvalue weighted by Gasteiger charge is -2.46. The number of hydrogen-bond donors (Lipinski definition) is 9. The number of carbonyl (C=O) groups excluding carboxylic acids is 1. The number of allylic oxidation sites excluding steroid dienone is 3. The highest BCUT2D eigenvalue weighted by Gasteiger charge is 2.51. The Hall–Kier alpha value is -1.53. The zero-order valence-electron chi connectivity index (χ0n) is 57.5. The molecule has 9 N–H and O–H groups in total. The van der Waals surface area contributed by atoms with Gasteiger partial charge in [-0.25, -0.2) is 0 Å². The van der Waals surface area contributed by atoms with E-state index in [9.17, 15) is 45.6 Å². The van der Waals surface area contributed by atoms with Crippen LogP contribution in [0.1, 0.15) is 354 Å². The summed E-state index contributed by atoms with van der Waals surface area (Å²) in [5.74, 6) is -0.241. The second-order valence-corrected chi connectivity index (χ2v) is 27.1. The zero-order valence-corrected chi connectivity index (χ0v) is 57.5. The summed E-state index contributed by atoms with van der Waals surface area (Å²) in [6, 6.07) is -0.930. The number of unbranched alkanes of at least 4 members (excludes halogenated alkanes) is 49. The summed E-state index contributed by atoms with van der Waals surface area (Å²) in [4.78, 5) is 13.3. The molecule has 0 radical (unpaired) electrons. The van der Waals surface area contributed by atoms with Crippen LogP contribution in [0.3, 0.4) is 0 Å². The van der Waals surface area contributed by atoms with Crippen molar-refractivity contribution in [2.75, 3.05) is 19.8 Å². The number of aliphatic hydroxyl groups is 8. The van der Waals surface area contributed by atoms with Gasteiger partial charge in [-0.05, 0) is 32.1 Å². The maximum Gasteiger partial charge on any atom is 0.220 e. The smallest absolute Gasteiger partial charge is 0.220 e. The van der Waals surface area contributed by atoms with Crippen LogP contribution in [0.25, 0.3) is 0 Å². The minimum atomic E-state index is -1.79. The topological polar surface area (TPSA) is 228 Å². The quantitative estimate of drug-likeness (QED) is 0.0204. The first-order chi connectivity index (χ1) is 43.6. The molecule has 1 amide bonds. The van der Waals surface area contributed by atoms with Crippen LogP contribution in [-0.4, -0.2) is 140 Å². The van der Waals surface area contributed by atoms with Crippen LogP contribution >= 0.6 is 0 Å². The molecular weight excluding hydrogens is 1120 g/mol. The maximum atomic E-state index is 13.3. The fourth-order valence-electron chi connectivity index (χ4n) is 12.8. The second-order valence-electron chi connectivity index (χ2n) is 27.1. The van der Waals surface area contributed by atoms with Crippen molar-refractivity contribution in [2.45, 2.75) is 428 Å². The van der Waals surface area contributed by atoms with E-state index in [1.165, 1.54) is 289 Å². The predicted molar refractivity (Wildman–Crippen MR) is 365 cm³/mol. The number of carbonyl (C=O) groups is 1. The monoisotopic (exact) mass is 1270 g/mol. The van der Waals surface area contributed by atoms with Gasteiger partial charge in [0.1, 0.15) is 48.8 Å². The van der Waals surface area contributed by atoms with Crippen LogP contribution in [0.2, 0.25) is 0 Å². The van der Waals surface area contributed by atoms with Crippen LogP contribution in [-0.2, 0) is 23.7 Å². The number of nitrogens with one attached hydrogen (secondary N) is 1. The van der Waals surface area contributed by atoms with Crippen molar-refractivity contribution in [1.29, 1.82) is 0 Å². The lowest BCUT2D eigenvalue weighted by Crippen LogP contribution is -2.65. The molecule has 14 nitrogen and oxygen atoms in total. The molecular formula is C75H143NO13. The van der Waals surface area contributed by atoms with Crippen molar-refractivity contribution in [3.05, 3.63) is 24.3 Å². The first-order valence-corrected chi connectivity index (χ1v) is 38.1. The van der Waals surface area contributed by atoms with Crippen molar-refractivity contribution in [1.82, 2.24) is 5.32 Å². The number of aliphatic hydroxyl groups excluding tert-OH is 8. The summed E-state index contributed by atoms with van der Waals surface area (Å²) in [6.45, 7) is 2.85. The van der Waals surface area contributed by atoms with Gasteiger partial charge in [0.05, 0.1) is 32.0 Å². The molecule has 2 fully saturated rings. The summed E-state index contributed by atoms with van der Waals surface area (Å²) >= 11 is 0. The second kappa shape index (κ2) is 60.2. The fraction of sp³-hybridized carbons (Fsp3) is 0.933. The van der Waals surface area contributed by atoms with Crippen LogP contribution in [0, 0.1) is 0 Å². The minimum Gasteiger partial charge on any atom is -0.394 e. The number of ether oxygens (including phenoxy) is 4. The van der Waals surface area contributed by atoms with Crippen LogP contribution in [0.4, 0.5) is 0 Å². The Morgan fingerprint density at radius 1 is 0.393 bits per heavy atom. The molecule has 0 aromatic rings. The van der Waals surface area contributed by atoms with Gasteiger partial charge in [0.2, 0.25) is 5.91 Å². The number of hydrogen-bond acceptors (Lipinski definition) is 13. The van der Waals surface area contributed by atoms with E-state index in [0.29, 0.717) is 12.8 Å². The van der Waals surface area contributed by atoms with E-state index >= 15 is 0 Å². The molecule has 0 aromatic carbocycles. The maximum absolute atomic E-state index is 13.3. The molecule has 14 heteroatoms. The molecule has 2 heterocycles. The van der Waals surface area contributed by atoms with Gasteiger partial charge < -0.3 is 65.1 Å². The van der Waals surface area contributed by atoms with E-state index in [1.54, 1.807) is 6.08 Å². The molecule has 89 heavy (non-hydrogen) atoms. The van der Waals surface area contributed by atoms with E-state index in [-0.39, 0.29) is 18.9 Å². The highest BCUT2D eigenvalue weighted by Crippen LogP contribution is 2.30. The van der Waals surface area contributed by atoms with E-state index in [4.69, 9.17) is 18.9 Å². The molecule has 2 aliphatic heterocycles. The number of amides is 1. The summed E-state index contributed by atoms with van der Waals surface area (Å²) < 4.78 is 22.9. The first kappa shape index (κ1) is 83.6. The third kappa shape index (κ3) is 44.0. The van der Waals surface area contributed by atoms with Gasteiger partial charge >= 0.3 is 0 Å². The Bertz CT molecular complexity index is 1590. The largest absolute Gasteiger partial charge is 0.394 e. The minimum absolute atomic E-state index is 0.241. The van der Waals surface area contributed by atoms with E-state index < -0.39 is 86.8 Å². The van der Waals surface area contributed by atoms with Crippen LogP contribution in [0.5, 0.6) is 0 Å². The van der Waals surface area contributed by atoms with Gasteiger partial charge in [0.25, 0.3) is 0 Å². The van der Waals surface area contributed by atoms with Gasteiger partial charge in [-0.3, -0.25) is 4.79 Å². The average molecular weight is 1270 g/mol. The van der Waals surface area contributed by atoms with Crippen molar-refractivity contribution < 1.29 is 64.6 Å². The van der Waals surface area contributed by atoms with Gasteiger partial charge in [-0.2, -0.15) is 0 Å². The van der Waals surface area contributed by atoms with Gasteiger partial charge in [-0.15, -0.1) is 0 Å². The van der Waals surface area contributed by atoms with Crippen LogP contribution in [0.15, 0.2) is 24.3 Å². The van der Waals surface area contributed by atoms with Gasteiger partial charge in [0, 0.05) is 6.42 Å². The molecule has 12 atom stereocenters. The molecule has 2 aliphatic rings. The van der Waals surface area contributed by atoms with Crippen molar-refractivity contribution in [3.63, 3.8) is 0 Å². The average Bonchev–Trinajstić information content (AvgIpc) is 3.35. The molecule has 0 aromatic heterocycles. The fourth-order valence-corrected chi connectivity index (χ4v) is 12.8. The summed E-state index contributed by atoms with van der Waals surface area (Å²) in [6.07, 6.45) is 59.7. The lowest BCUT2D eigenvalue weighted by molar-refractivity contribution is -0.359. The van der Waals surface area contributed by atoms with E-state index in [0.717, 1.165) is 32.1 Å². The Morgan fingerprint density at radius 2 is 0.719 bits per heavy atom. The first-order valence-electron chi connectivity index (χ1n) is 38.1. The number of rotatable bonds is 64.